The van der Waals surface area contributed by atoms with Crippen LogP contribution in [0.3, 0.4) is 0 Å². The monoisotopic (exact) mass is 578 g/mol. The minimum Gasteiger partial charge on any atom is -0.748 e. The summed E-state index contributed by atoms with van der Waals surface area (Å²) in [4.78, 5) is 24.4. The van der Waals surface area contributed by atoms with Crippen molar-refractivity contribution in [2.24, 2.45) is 0 Å². The van der Waals surface area contributed by atoms with Crippen LogP contribution in [0.15, 0.2) is 20.9 Å². The van der Waals surface area contributed by atoms with Crippen LogP contribution in [0.5, 0.6) is 0 Å². The van der Waals surface area contributed by atoms with Gasteiger partial charge in [0.15, 0.2) is 0 Å². The van der Waals surface area contributed by atoms with Gasteiger partial charge < -0.3 is 24.2 Å². The van der Waals surface area contributed by atoms with E-state index in [1.807, 2.05) is 0 Å². The number of thiocarbonyl (C=S) groups is 1. The molecule has 11 nitrogen and oxygen atoms in total. The number of halogens is 3. The van der Waals surface area contributed by atoms with Gasteiger partial charge >= 0.3 is 65.3 Å². The summed E-state index contributed by atoms with van der Waals surface area (Å²) in [6.07, 6.45) is -5.96. The number of thioether (sulfide) groups is 2. The summed E-state index contributed by atoms with van der Waals surface area (Å²) in [6, 6.07) is -1.11. The Morgan fingerprint density at radius 3 is 2.56 bits per heavy atom. The number of β-lactam (4-membered cyclic amide) rings is 1. The first-order valence-corrected chi connectivity index (χ1v) is 12.4. The Hall–Kier alpha value is 0.110. The van der Waals surface area contributed by atoms with Gasteiger partial charge in [-0.3, -0.25) is 9.69 Å². The van der Waals surface area contributed by atoms with Crippen molar-refractivity contribution in [1.82, 2.24) is 20.4 Å². The maximum Gasteiger partial charge on any atom is 1.00 e. The van der Waals surface area contributed by atoms with Gasteiger partial charge in [-0.2, -0.15) is 13.2 Å². The minimum absolute atomic E-state index is 0. The molecule has 3 rings (SSSR count). The molecule has 34 heavy (non-hydrogen) atoms. The molecule has 1 aromatic heterocycles. The van der Waals surface area contributed by atoms with Gasteiger partial charge in [0, 0.05) is 11.5 Å². The molecule has 1 aromatic rings. The molecule has 2 aliphatic heterocycles. The summed E-state index contributed by atoms with van der Waals surface area (Å²) < 4.78 is 74.5. The number of carboxylic acid groups (broad SMARTS) is 1. The molecule has 1 amide bonds. The second-order valence-corrected chi connectivity index (χ2v) is 10.4. The Kier molecular flexibility index (Phi) is 11.9. The summed E-state index contributed by atoms with van der Waals surface area (Å²) in [6.45, 7) is 0. The predicted molar refractivity (Wildman–Crippen MR) is 104 cm³/mol. The number of hydrogen-bond acceptors (Lipinski definition) is 12. The summed E-state index contributed by atoms with van der Waals surface area (Å²) >= 11 is 6.58. The fraction of sp³-hybridized carbons (Fsp3) is 0.500. The molecule has 2 atom stereocenters. The van der Waals surface area contributed by atoms with E-state index in [1.54, 1.807) is 0 Å². The van der Waals surface area contributed by atoms with Crippen molar-refractivity contribution in [2.45, 2.75) is 35.0 Å². The van der Waals surface area contributed by atoms with Crippen molar-refractivity contribution in [2.75, 3.05) is 11.5 Å². The molecule has 176 valence electrons. The second-order valence-electron chi connectivity index (χ2n) is 6.44. The molecule has 1 saturated heterocycles. The molecule has 0 aromatic carbocycles. The molecular weight excluding hydrogens is 567 g/mol. The van der Waals surface area contributed by atoms with Crippen molar-refractivity contribution in [1.29, 1.82) is 0 Å². The average molecular weight is 579 g/mol. The van der Waals surface area contributed by atoms with E-state index >= 15 is 0 Å². The molecule has 1 unspecified atom stereocenters. The van der Waals surface area contributed by atoms with Crippen molar-refractivity contribution in [3.63, 3.8) is 0 Å². The minimum atomic E-state index is -4.63. The third kappa shape index (κ3) is 8.32. The molecule has 0 bridgehead atoms. The number of carbonyl (C=O) groups excluding carboxylic acids is 2. The van der Waals surface area contributed by atoms with E-state index in [0.717, 1.165) is 28.4 Å². The van der Waals surface area contributed by atoms with Crippen molar-refractivity contribution in [3.8, 4) is 0 Å². The summed E-state index contributed by atoms with van der Waals surface area (Å²) in [5.74, 6) is -3.81. The van der Waals surface area contributed by atoms with Gasteiger partial charge in [-0.05, 0) is 5.57 Å². The topological polar surface area (TPSA) is 169 Å². The molecule has 20 heteroatoms. The Balaban J connectivity index is 0.00000289. The SMILES string of the molecule is O=C([O-])C1=C(CSc2nnc(CS(=O)(=O)[O-])o2)CS[C@@H]2C(NC(=S)CC(F)(F)F)C(=O)N12.[Na+].[Na+]. The Morgan fingerprint density at radius 2 is 2.00 bits per heavy atom. The second kappa shape index (κ2) is 12.6. The number of amides is 1. The molecule has 1 N–H and O–H groups in total. The quantitative estimate of drug-likeness (QED) is 0.102. The molecule has 0 spiro atoms. The average Bonchev–Trinajstić information content (AvgIpc) is 3.07. The standard InChI is InChI=1S/C14H13F3N4O7S4.2Na/c15-14(16,17)1-7(29)18-8-10(22)21-9(12(23)24)5(2-30-11(8)21)3-31-13-20-19-6(28-13)4-32(25,26)27;;/h8,11H,1-4H2,(H,18,29)(H,23,24)(H,25,26,27);;/q;2*+1/p-2/t8?,11-;;/m1../s1. The number of aromatic nitrogens is 2. The summed E-state index contributed by atoms with van der Waals surface area (Å²) in [7, 11) is -4.63. The Bertz CT molecular complexity index is 1100. The Morgan fingerprint density at radius 1 is 1.35 bits per heavy atom. The molecule has 0 radical (unpaired) electrons. The number of nitrogens with zero attached hydrogens (tertiary/aromatic N) is 3. The molecule has 0 aliphatic carbocycles. The number of nitrogens with one attached hydrogen (secondary N) is 1. The number of hydrogen-bond donors (Lipinski definition) is 1. The fourth-order valence-corrected chi connectivity index (χ4v) is 5.82. The largest absolute Gasteiger partial charge is 1.00 e. The fourth-order valence-electron chi connectivity index (χ4n) is 2.84. The van der Waals surface area contributed by atoms with E-state index in [2.05, 4.69) is 27.7 Å². The smallest absolute Gasteiger partial charge is 0.748 e. The third-order valence-corrected chi connectivity index (χ3v) is 7.14. The normalized spacial score (nSPS) is 20.0. The van der Waals surface area contributed by atoms with E-state index < -0.39 is 68.3 Å². The van der Waals surface area contributed by atoms with Gasteiger partial charge in [0.2, 0.25) is 5.89 Å². The number of alkyl halides is 3. The van der Waals surface area contributed by atoms with Crippen LogP contribution in [-0.2, 0) is 25.5 Å². The van der Waals surface area contributed by atoms with Crippen LogP contribution < -0.4 is 69.5 Å². The zero-order valence-corrected chi connectivity index (χ0v) is 24.7. The molecule has 2 aliphatic rings. The third-order valence-electron chi connectivity index (χ3n) is 4.04. The molecular formula is C14H11F3N4Na2O7S4. The van der Waals surface area contributed by atoms with Crippen LogP contribution in [0.1, 0.15) is 12.3 Å². The van der Waals surface area contributed by atoms with Crippen LogP contribution in [0.2, 0.25) is 0 Å². The van der Waals surface area contributed by atoms with Gasteiger partial charge in [0.1, 0.15) is 27.3 Å². The summed E-state index contributed by atoms with van der Waals surface area (Å²) in [5.41, 5.74) is -0.176. The number of fused-ring (bicyclic) bond motifs is 1. The van der Waals surface area contributed by atoms with E-state index in [0.29, 0.717) is 0 Å². The van der Waals surface area contributed by atoms with E-state index in [1.165, 1.54) is 0 Å². The molecule has 1 fully saturated rings. The first-order valence-electron chi connectivity index (χ1n) is 8.38. The van der Waals surface area contributed by atoms with Gasteiger partial charge in [0.05, 0.1) is 23.1 Å². The van der Waals surface area contributed by atoms with Gasteiger partial charge in [-0.15, -0.1) is 22.0 Å². The predicted octanol–water partition coefficient (Wildman–Crippen LogP) is -6.63. The molecule has 0 saturated carbocycles. The first-order chi connectivity index (χ1) is 14.7. The van der Waals surface area contributed by atoms with E-state index in [-0.39, 0.29) is 81.4 Å². The Labute approximate surface area is 248 Å². The maximum atomic E-state index is 12.4. The number of carbonyl (C=O) groups is 2. The van der Waals surface area contributed by atoms with Crippen LogP contribution in [-0.4, -0.2) is 74.0 Å². The number of rotatable bonds is 8. The number of aliphatic carboxylic acids is 1. The van der Waals surface area contributed by atoms with Crippen molar-refractivity contribution in [3.05, 3.63) is 17.2 Å². The molecule has 3 heterocycles. The van der Waals surface area contributed by atoms with Crippen molar-refractivity contribution >= 4 is 62.7 Å². The van der Waals surface area contributed by atoms with Crippen LogP contribution >= 0.6 is 35.7 Å². The summed E-state index contributed by atoms with van der Waals surface area (Å²) in [5, 5.41) is 20.0. The maximum absolute atomic E-state index is 12.4. The van der Waals surface area contributed by atoms with E-state index in [4.69, 9.17) is 4.42 Å². The zero-order valence-electron chi connectivity index (χ0n) is 17.4. The van der Waals surface area contributed by atoms with Crippen molar-refractivity contribution < 1.29 is 104 Å². The zero-order chi connectivity index (χ0) is 23.8. The van der Waals surface area contributed by atoms with Crippen LogP contribution in [0, 0.1) is 0 Å². The van der Waals surface area contributed by atoms with Crippen LogP contribution in [0.25, 0.3) is 0 Å². The number of carboxylic acids is 1. The first kappa shape index (κ1) is 32.1. The van der Waals surface area contributed by atoms with Gasteiger partial charge in [-0.25, -0.2) is 8.42 Å². The van der Waals surface area contributed by atoms with Gasteiger partial charge in [0.25, 0.3) is 11.1 Å². The van der Waals surface area contributed by atoms with Gasteiger partial charge in [-0.1, -0.05) is 24.0 Å². The van der Waals surface area contributed by atoms with E-state index in [9.17, 15) is 40.8 Å². The van der Waals surface area contributed by atoms with Crippen LogP contribution in [0.4, 0.5) is 13.2 Å².